The van der Waals surface area contributed by atoms with E-state index in [1.165, 1.54) is 15.6 Å². The van der Waals surface area contributed by atoms with E-state index in [1.807, 2.05) is 61.1 Å². The Bertz CT molecular complexity index is 1150. The molecule has 0 spiro atoms. The van der Waals surface area contributed by atoms with E-state index in [0.29, 0.717) is 23.6 Å². The molecule has 1 aliphatic heterocycles. The largest absolute Gasteiger partial charge is 0.342 e. The number of imidazole rings is 1. The number of nitrogens with zero attached hydrogens (tertiary/aromatic N) is 3. The minimum Gasteiger partial charge on any atom is -0.342 e. The lowest BCUT2D eigenvalue weighted by atomic mass is 9.97. The molecule has 1 N–H and O–H groups in total. The number of aryl methyl sites for hydroxylation is 2. The van der Waals surface area contributed by atoms with Crippen molar-refractivity contribution in [2.24, 2.45) is 13.0 Å². The Labute approximate surface area is 186 Å². The molecule has 1 aromatic carbocycles. The number of piperidine rings is 1. The quantitative estimate of drug-likeness (QED) is 0.615. The molecule has 1 saturated heterocycles. The molecular formula is C22H26N4O3S2. The Morgan fingerprint density at radius 2 is 2.00 bits per heavy atom. The van der Waals surface area contributed by atoms with Crippen molar-refractivity contribution in [3.8, 4) is 0 Å². The molecule has 0 saturated carbocycles. The third kappa shape index (κ3) is 4.58. The first-order valence-electron chi connectivity index (χ1n) is 10.3. The highest BCUT2D eigenvalue weighted by atomic mass is 32.2. The number of carbonyl (C=O) groups is 1. The molecule has 1 aliphatic rings. The van der Waals surface area contributed by atoms with Crippen LogP contribution in [0.1, 0.15) is 35.1 Å². The average Bonchev–Trinajstić information content (AvgIpc) is 3.41. The van der Waals surface area contributed by atoms with Gasteiger partial charge in [0.2, 0.25) is 5.91 Å². The van der Waals surface area contributed by atoms with Crippen LogP contribution in [0.4, 0.5) is 0 Å². The Balaban J connectivity index is 1.53. The van der Waals surface area contributed by atoms with E-state index in [2.05, 4.69) is 10.3 Å². The summed E-state index contributed by atoms with van der Waals surface area (Å²) in [7, 11) is -1.69. The fraction of sp³-hybridized carbons (Fsp3) is 0.364. The molecule has 1 amide bonds. The lowest BCUT2D eigenvalue weighted by molar-refractivity contribution is -0.126. The van der Waals surface area contributed by atoms with Gasteiger partial charge in [-0.05, 0) is 37.5 Å². The number of hydrogen-bond donors (Lipinski definition) is 1. The van der Waals surface area contributed by atoms with Gasteiger partial charge in [-0.25, -0.2) is 13.4 Å². The molecule has 3 aromatic rings. The standard InChI is InChI=1S/C22H26N4O3S2/c1-16-10-11-19(30-16)31(28,29)26-13-6-9-18(15-26)22(27)24-20(17-7-4-3-5-8-17)21-23-12-14-25(21)2/h3-5,7-8,10-12,14,18,20H,6,9,13,15H2,1-2H3,(H,24,27)/t18-,20-/m0/s1. The van der Waals surface area contributed by atoms with Crippen molar-refractivity contribution in [1.82, 2.24) is 19.2 Å². The van der Waals surface area contributed by atoms with Gasteiger partial charge in [0.15, 0.2) is 0 Å². The van der Waals surface area contributed by atoms with Gasteiger partial charge < -0.3 is 9.88 Å². The highest BCUT2D eigenvalue weighted by Crippen LogP contribution is 2.29. The topological polar surface area (TPSA) is 84.3 Å². The highest BCUT2D eigenvalue weighted by molar-refractivity contribution is 7.91. The van der Waals surface area contributed by atoms with E-state index >= 15 is 0 Å². The van der Waals surface area contributed by atoms with Crippen molar-refractivity contribution in [3.05, 3.63) is 71.1 Å². The van der Waals surface area contributed by atoms with Gasteiger partial charge in [0, 0.05) is 37.4 Å². The third-order valence-electron chi connectivity index (χ3n) is 5.60. The van der Waals surface area contributed by atoms with Crippen LogP contribution in [0.3, 0.4) is 0 Å². The predicted octanol–water partition coefficient (Wildman–Crippen LogP) is 3.10. The second-order valence-electron chi connectivity index (χ2n) is 7.82. The molecule has 9 heteroatoms. The van der Waals surface area contributed by atoms with Crippen LogP contribution >= 0.6 is 11.3 Å². The Morgan fingerprint density at radius 3 is 2.65 bits per heavy atom. The molecular weight excluding hydrogens is 432 g/mol. The van der Waals surface area contributed by atoms with Gasteiger partial charge in [-0.15, -0.1) is 11.3 Å². The summed E-state index contributed by atoms with van der Waals surface area (Å²) in [4.78, 5) is 18.6. The minimum atomic E-state index is -3.58. The molecule has 2 aromatic heterocycles. The summed E-state index contributed by atoms with van der Waals surface area (Å²) in [5.74, 6) is 0.170. The molecule has 0 aliphatic carbocycles. The van der Waals surface area contributed by atoms with Crippen molar-refractivity contribution in [2.75, 3.05) is 13.1 Å². The maximum atomic E-state index is 13.2. The molecule has 1 fully saturated rings. The van der Waals surface area contributed by atoms with Crippen molar-refractivity contribution in [2.45, 2.75) is 30.0 Å². The van der Waals surface area contributed by atoms with Crippen LogP contribution in [-0.4, -0.2) is 41.3 Å². The van der Waals surface area contributed by atoms with E-state index in [9.17, 15) is 13.2 Å². The van der Waals surface area contributed by atoms with Crippen LogP contribution in [0, 0.1) is 12.8 Å². The number of nitrogens with one attached hydrogen (secondary N) is 1. The number of thiophene rings is 1. The fourth-order valence-corrected chi connectivity index (χ4v) is 6.87. The third-order valence-corrected chi connectivity index (χ3v) is 8.93. The monoisotopic (exact) mass is 458 g/mol. The molecule has 31 heavy (non-hydrogen) atoms. The van der Waals surface area contributed by atoms with Gasteiger partial charge >= 0.3 is 0 Å². The summed E-state index contributed by atoms with van der Waals surface area (Å²) in [6, 6.07) is 12.7. The first kappa shape index (κ1) is 21.7. The zero-order valence-electron chi connectivity index (χ0n) is 17.6. The SMILES string of the molecule is Cc1ccc(S(=O)(=O)N2CCC[C@H](C(=O)N[C@@H](c3ccccc3)c3nccn3C)C2)s1. The Kier molecular flexibility index (Phi) is 6.27. The fourth-order valence-electron chi connectivity index (χ4n) is 3.91. The van der Waals surface area contributed by atoms with Gasteiger partial charge in [0.25, 0.3) is 10.0 Å². The van der Waals surface area contributed by atoms with Gasteiger partial charge in [0.05, 0.1) is 5.92 Å². The van der Waals surface area contributed by atoms with E-state index < -0.39 is 22.0 Å². The van der Waals surface area contributed by atoms with Gasteiger partial charge in [-0.3, -0.25) is 4.79 Å². The Hall–Kier alpha value is -2.49. The van der Waals surface area contributed by atoms with Crippen molar-refractivity contribution in [3.63, 3.8) is 0 Å². The molecule has 3 heterocycles. The van der Waals surface area contributed by atoms with Crippen LogP contribution < -0.4 is 5.32 Å². The normalized spacial score (nSPS) is 18.6. The van der Waals surface area contributed by atoms with Gasteiger partial charge in [0.1, 0.15) is 16.1 Å². The second-order valence-corrected chi connectivity index (χ2v) is 11.3. The maximum absolute atomic E-state index is 13.2. The number of sulfonamides is 1. The molecule has 4 rings (SSSR count). The van der Waals surface area contributed by atoms with E-state index in [-0.39, 0.29) is 12.5 Å². The van der Waals surface area contributed by atoms with Crippen LogP contribution in [0.15, 0.2) is 59.1 Å². The lowest BCUT2D eigenvalue weighted by Crippen LogP contribution is -2.46. The summed E-state index contributed by atoms with van der Waals surface area (Å²) in [5.41, 5.74) is 0.930. The average molecular weight is 459 g/mol. The predicted molar refractivity (Wildman–Crippen MR) is 120 cm³/mol. The van der Waals surface area contributed by atoms with Crippen LogP contribution in [-0.2, 0) is 21.9 Å². The summed E-state index contributed by atoms with van der Waals surface area (Å²) in [6.07, 6.45) is 4.86. The first-order chi connectivity index (χ1) is 14.9. The number of hydrogen-bond acceptors (Lipinski definition) is 5. The van der Waals surface area contributed by atoms with Gasteiger partial charge in [-0.1, -0.05) is 30.3 Å². The first-order valence-corrected chi connectivity index (χ1v) is 12.5. The molecule has 2 atom stereocenters. The molecule has 0 unspecified atom stereocenters. The Morgan fingerprint density at radius 1 is 1.23 bits per heavy atom. The summed E-state index contributed by atoms with van der Waals surface area (Å²) >= 11 is 1.26. The zero-order chi connectivity index (χ0) is 22.0. The number of carbonyl (C=O) groups excluding carboxylic acids is 1. The number of rotatable bonds is 6. The maximum Gasteiger partial charge on any atom is 0.252 e. The second kappa shape index (κ2) is 8.94. The number of benzene rings is 1. The van der Waals surface area contributed by atoms with Crippen LogP contribution in [0.5, 0.6) is 0 Å². The highest BCUT2D eigenvalue weighted by Gasteiger charge is 2.35. The minimum absolute atomic E-state index is 0.154. The summed E-state index contributed by atoms with van der Waals surface area (Å²) in [5, 5.41) is 3.12. The van der Waals surface area contributed by atoms with Crippen molar-refractivity contribution >= 4 is 27.3 Å². The van der Waals surface area contributed by atoms with Gasteiger partial charge in [-0.2, -0.15) is 4.31 Å². The molecule has 0 radical (unpaired) electrons. The van der Waals surface area contributed by atoms with E-state index in [0.717, 1.165) is 16.3 Å². The molecule has 164 valence electrons. The lowest BCUT2D eigenvalue weighted by Gasteiger charge is -2.32. The number of amides is 1. The van der Waals surface area contributed by atoms with E-state index in [1.54, 1.807) is 12.3 Å². The summed E-state index contributed by atoms with van der Waals surface area (Å²) in [6.45, 7) is 2.51. The smallest absolute Gasteiger partial charge is 0.252 e. The molecule has 7 nitrogen and oxygen atoms in total. The van der Waals surface area contributed by atoms with Crippen molar-refractivity contribution in [1.29, 1.82) is 0 Å². The van der Waals surface area contributed by atoms with Crippen LogP contribution in [0.25, 0.3) is 0 Å². The zero-order valence-corrected chi connectivity index (χ0v) is 19.2. The number of aromatic nitrogens is 2. The molecule has 0 bridgehead atoms. The van der Waals surface area contributed by atoms with Crippen molar-refractivity contribution < 1.29 is 13.2 Å². The summed E-state index contributed by atoms with van der Waals surface area (Å²) < 4.78 is 29.7. The van der Waals surface area contributed by atoms with E-state index in [4.69, 9.17) is 0 Å². The van der Waals surface area contributed by atoms with Crippen LogP contribution in [0.2, 0.25) is 0 Å².